The molecule has 2 atom stereocenters. The molecule has 2 saturated heterocycles. The topological polar surface area (TPSA) is 67.7 Å². The van der Waals surface area contributed by atoms with E-state index in [2.05, 4.69) is 32.0 Å². The standard InChI is InChI=1S/C28H38N4O3/c1-18-12-19(2)14-23(13-18)22-8-10-30(11-9-22)26(33)17-32-25-7-5-6-24(25)27(29-32)28(34)31-15-20(3)35-21(4)16-31/h12-14,20-22H,5-11,15-17H2,1-4H3/t20-,21+. The third kappa shape index (κ3) is 5.01. The molecule has 0 unspecified atom stereocenters. The zero-order chi connectivity index (χ0) is 24.7. The number of fused-ring (bicyclic) bond motifs is 1. The predicted octanol–water partition coefficient (Wildman–Crippen LogP) is 3.64. The van der Waals surface area contributed by atoms with Gasteiger partial charge in [-0.2, -0.15) is 5.10 Å². The van der Waals surface area contributed by atoms with Crippen LogP contribution in [0.1, 0.15) is 77.5 Å². The largest absolute Gasteiger partial charge is 0.372 e. The van der Waals surface area contributed by atoms with Crippen LogP contribution in [0, 0.1) is 13.8 Å². The number of carbonyl (C=O) groups excluding carboxylic acids is 2. The Hall–Kier alpha value is -2.67. The maximum Gasteiger partial charge on any atom is 0.274 e. The monoisotopic (exact) mass is 478 g/mol. The number of benzene rings is 1. The fraction of sp³-hybridized carbons (Fsp3) is 0.607. The highest BCUT2D eigenvalue weighted by Crippen LogP contribution is 2.30. The van der Waals surface area contributed by atoms with Crippen LogP contribution in [0.25, 0.3) is 0 Å². The molecule has 7 nitrogen and oxygen atoms in total. The summed E-state index contributed by atoms with van der Waals surface area (Å²) in [6.45, 7) is 11.2. The third-order valence-electron chi connectivity index (χ3n) is 7.76. The van der Waals surface area contributed by atoms with E-state index in [0.717, 1.165) is 56.5 Å². The summed E-state index contributed by atoms with van der Waals surface area (Å²) in [6.07, 6.45) is 4.77. The van der Waals surface area contributed by atoms with Crippen molar-refractivity contribution in [1.29, 1.82) is 0 Å². The first kappa shape index (κ1) is 24.0. The average molecular weight is 479 g/mol. The van der Waals surface area contributed by atoms with Crippen molar-refractivity contribution in [3.05, 3.63) is 51.8 Å². The zero-order valence-electron chi connectivity index (χ0n) is 21.5. The van der Waals surface area contributed by atoms with E-state index < -0.39 is 0 Å². The maximum absolute atomic E-state index is 13.4. The molecule has 3 heterocycles. The maximum atomic E-state index is 13.4. The van der Waals surface area contributed by atoms with E-state index in [-0.39, 0.29) is 30.6 Å². The fourth-order valence-electron chi connectivity index (χ4n) is 6.24. The molecule has 5 rings (SSSR count). The first-order valence-electron chi connectivity index (χ1n) is 13.2. The molecule has 1 aliphatic carbocycles. The number of likely N-dealkylation sites (tertiary alicyclic amines) is 1. The van der Waals surface area contributed by atoms with E-state index in [1.165, 1.54) is 16.7 Å². The highest BCUT2D eigenvalue weighted by molar-refractivity contribution is 5.94. The van der Waals surface area contributed by atoms with Crippen molar-refractivity contribution in [2.45, 2.75) is 84.5 Å². The van der Waals surface area contributed by atoms with Crippen LogP contribution in [0.5, 0.6) is 0 Å². The number of morpholine rings is 1. The number of hydrogen-bond acceptors (Lipinski definition) is 4. The molecular formula is C28H38N4O3. The smallest absolute Gasteiger partial charge is 0.274 e. The van der Waals surface area contributed by atoms with Gasteiger partial charge in [0.2, 0.25) is 5.91 Å². The number of hydrogen-bond donors (Lipinski definition) is 0. The highest BCUT2D eigenvalue weighted by atomic mass is 16.5. The van der Waals surface area contributed by atoms with Gasteiger partial charge in [-0.1, -0.05) is 29.3 Å². The Bertz CT molecular complexity index is 1090. The number of aryl methyl sites for hydroxylation is 2. The Morgan fingerprint density at radius 2 is 1.63 bits per heavy atom. The van der Waals surface area contributed by atoms with Crippen LogP contribution in [-0.2, 0) is 28.9 Å². The van der Waals surface area contributed by atoms with Crippen LogP contribution in [0.2, 0.25) is 0 Å². The molecule has 3 aliphatic rings. The van der Waals surface area contributed by atoms with Crippen LogP contribution in [0.4, 0.5) is 0 Å². The summed E-state index contributed by atoms with van der Waals surface area (Å²) in [4.78, 5) is 30.5. The van der Waals surface area contributed by atoms with Crippen LogP contribution in [-0.4, -0.2) is 69.8 Å². The number of piperidine rings is 1. The molecule has 2 amide bonds. The number of aromatic nitrogens is 2. The fourth-order valence-corrected chi connectivity index (χ4v) is 6.24. The summed E-state index contributed by atoms with van der Waals surface area (Å²) in [5.74, 6) is 0.591. The molecule has 0 spiro atoms. The van der Waals surface area contributed by atoms with Crippen molar-refractivity contribution in [3.63, 3.8) is 0 Å². The normalized spacial score (nSPS) is 23.0. The van der Waals surface area contributed by atoms with E-state index in [0.29, 0.717) is 24.7 Å². The second-order valence-electron chi connectivity index (χ2n) is 10.8. The zero-order valence-corrected chi connectivity index (χ0v) is 21.5. The molecule has 0 radical (unpaired) electrons. The lowest BCUT2D eigenvalue weighted by Gasteiger charge is -2.35. The van der Waals surface area contributed by atoms with Crippen molar-refractivity contribution >= 4 is 11.8 Å². The molecule has 2 fully saturated rings. The van der Waals surface area contributed by atoms with Crippen molar-refractivity contribution in [2.24, 2.45) is 0 Å². The number of carbonyl (C=O) groups is 2. The molecule has 35 heavy (non-hydrogen) atoms. The molecule has 2 aromatic rings. The van der Waals surface area contributed by atoms with E-state index in [1.807, 2.05) is 28.3 Å². The molecule has 7 heteroatoms. The van der Waals surface area contributed by atoms with Gasteiger partial charge in [0.15, 0.2) is 5.69 Å². The van der Waals surface area contributed by atoms with Crippen molar-refractivity contribution in [2.75, 3.05) is 26.2 Å². The van der Waals surface area contributed by atoms with Gasteiger partial charge in [0.25, 0.3) is 5.91 Å². The van der Waals surface area contributed by atoms with Gasteiger partial charge < -0.3 is 14.5 Å². The second kappa shape index (κ2) is 9.76. The average Bonchev–Trinajstić information content (AvgIpc) is 3.41. The van der Waals surface area contributed by atoms with Gasteiger partial charge in [0.05, 0.1) is 12.2 Å². The predicted molar refractivity (Wildman–Crippen MR) is 135 cm³/mol. The van der Waals surface area contributed by atoms with Crippen LogP contribution >= 0.6 is 0 Å². The van der Waals surface area contributed by atoms with Crippen molar-refractivity contribution < 1.29 is 14.3 Å². The number of amides is 2. The molecule has 2 aliphatic heterocycles. The quantitative estimate of drug-likeness (QED) is 0.673. The molecule has 0 bridgehead atoms. The minimum absolute atomic E-state index is 0.0195. The molecule has 0 saturated carbocycles. The van der Waals surface area contributed by atoms with E-state index in [1.54, 1.807) is 0 Å². The lowest BCUT2D eigenvalue weighted by atomic mass is 9.88. The SMILES string of the molecule is Cc1cc(C)cc(C2CCN(C(=O)Cn3nc(C(=O)N4C[C@@H](C)O[C@@H](C)C4)c4c3CCC4)CC2)c1. The van der Waals surface area contributed by atoms with Crippen molar-refractivity contribution in [3.8, 4) is 0 Å². The minimum atomic E-state index is -0.0226. The summed E-state index contributed by atoms with van der Waals surface area (Å²) in [5.41, 5.74) is 6.66. The summed E-state index contributed by atoms with van der Waals surface area (Å²) < 4.78 is 7.62. The van der Waals surface area contributed by atoms with Gasteiger partial charge in [-0.05, 0) is 71.3 Å². The van der Waals surface area contributed by atoms with E-state index in [4.69, 9.17) is 9.84 Å². The van der Waals surface area contributed by atoms with Gasteiger partial charge in [0.1, 0.15) is 6.54 Å². The Morgan fingerprint density at radius 3 is 2.29 bits per heavy atom. The molecule has 188 valence electrons. The van der Waals surface area contributed by atoms with Crippen LogP contribution in [0.15, 0.2) is 18.2 Å². The molecule has 0 N–H and O–H groups in total. The van der Waals surface area contributed by atoms with Gasteiger partial charge in [-0.25, -0.2) is 0 Å². The van der Waals surface area contributed by atoms with Gasteiger partial charge in [-0.3, -0.25) is 14.3 Å². The Balaban J connectivity index is 1.25. The van der Waals surface area contributed by atoms with Crippen LogP contribution < -0.4 is 0 Å². The number of nitrogens with zero attached hydrogens (tertiary/aromatic N) is 4. The first-order chi connectivity index (χ1) is 16.8. The highest BCUT2D eigenvalue weighted by Gasteiger charge is 2.33. The summed E-state index contributed by atoms with van der Waals surface area (Å²) in [7, 11) is 0. The lowest BCUT2D eigenvalue weighted by molar-refractivity contribution is -0.133. The third-order valence-corrected chi connectivity index (χ3v) is 7.76. The van der Waals surface area contributed by atoms with E-state index >= 15 is 0 Å². The Labute approximate surface area is 208 Å². The summed E-state index contributed by atoms with van der Waals surface area (Å²) >= 11 is 0. The lowest BCUT2D eigenvalue weighted by Crippen LogP contribution is -2.48. The van der Waals surface area contributed by atoms with Gasteiger partial charge in [-0.15, -0.1) is 0 Å². The van der Waals surface area contributed by atoms with Gasteiger partial charge >= 0.3 is 0 Å². The Kier molecular flexibility index (Phi) is 6.71. The number of rotatable bonds is 4. The molecular weight excluding hydrogens is 440 g/mol. The first-order valence-corrected chi connectivity index (χ1v) is 13.2. The number of ether oxygens (including phenoxy) is 1. The molecule has 1 aromatic heterocycles. The minimum Gasteiger partial charge on any atom is -0.372 e. The van der Waals surface area contributed by atoms with Crippen molar-refractivity contribution in [1.82, 2.24) is 19.6 Å². The van der Waals surface area contributed by atoms with E-state index in [9.17, 15) is 9.59 Å². The Morgan fingerprint density at radius 1 is 0.971 bits per heavy atom. The molecule has 1 aromatic carbocycles. The summed E-state index contributed by atoms with van der Waals surface area (Å²) in [6, 6.07) is 6.79. The van der Waals surface area contributed by atoms with Gasteiger partial charge in [0, 0.05) is 37.4 Å². The summed E-state index contributed by atoms with van der Waals surface area (Å²) in [5, 5.41) is 4.71. The van der Waals surface area contributed by atoms with Crippen LogP contribution in [0.3, 0.4) is 0 Å². The second-order valence-corrected chi connectivity index (χ2v) is 10.8.